The minimum absolute atomic E-state index is 0.362. The Morgan fingerprint density at radius 1 is 1.20 bits per heavy atom. The number of primary amides is 1. The van der Waals surface area contributed by atoms with Crippen LogP contribution >= 0.6 is 15.9 Å². The summed E-state index contributed by atoms with van der Waals surface area (Å²) in [7, 11) is 0. The van der Waals surface area contributed by atoms with Gasteiger partial charge in [0.15, 0.2) is 6.10 Å². The lowest BCUT2D eigenvalue weighted by Gasteiger charge is -2.16. The molecule has 0 fully saturated rings. The third-order valence-electron chi connectivity index (χ3n) is 3.34. The van der Waals surface area contributed by atoms with E-state index in [9.17, 15) is 18.4 Å². The average Bonchev–Trinajstić information content (AvgIpc) is 2.52. The molecule has 2 rings (SSSR count). The van der Waals surface area contributed by atoms with Crippen molar-refractivity contribution < 1.29 is 23.1 Å². The van der Waals surface area contributed by atoms with Crippen LogP contribution in [0.3, 0.4) is 0 Å². The Morgan fingerprint density at radius 2 is 1.88 bits per heavy atom. The number of carbonyl (C=O) groups is 2. The molecule has 2 aromatic carbocycles. The molecule has 0 aliphatic carbocycles. The Morgan fingerprint density at radius 3 is 2.48 bits per heavy atom. The second kappa shape index (κ2) is 7.60. The number of nitrogens with one attached hydrogen (secondary N) is 1. The molecule has 1 atom stereocenters. The fourth-order valence-electron chi connectivity index (χ4n) is 2.01. The molecule has 0 aliphatic rings. The van der Waals surface area contributed by atoms with Gasteiger partial charge in [-0.2, -0.15) is 0 Å². The number of anilines is 1. The van der Waals surface area contributed by atoms with Gasteiger partial charge >= 0.3 is 0 Å². The van der Waals surface area contributed by atoms with Crippen LogP contribution in [0.25, 0.3) is 0 Å². The summed E-state index contributed by atoms with van der Waals surface area (Å²) in [4.78, 5) is 23.3. The van der Waals surface area contributed by atoms with E-state index >= 15 is 0 Å². The summed E-state index contributed by atoms with van der Waals surface area (Å²) >= 11 is 3.33. The predicted octanol–water partition coefficient (Wildman–Crippen LogP) is 3.54. The zero-order valence-corrected chi connectivity index (χ0v) is 15.0. The number of rotatable bonds is 5. The van der Waals surface area contributed by atoms with Crippen molar-refractivity contribution in [2.24, 2.45) is 5.73 Å². The SMILES string of the molecule is Cc1ccc(OC(C)C(=O)Nc2cc(C(N)=O)c(F)cc2F)c(Br)c1. The molecule has 25 heavy (non-hydrogen) atoms. The van der Waals surface area contributed by atoms with Crippen LogP contribution in [-0.4, -0.2) is 17.9 Å². The molecule has 0 saturated carbocycles. The Hall–Kier alpha value is -2.48. The van der Waals surface area contributed by atoms with E-state index in [-0.39, 0.29) is 5.69 Å². The zero-order valence-electron chi connectivity index (χ0n) is 13.4. The average molecular weight is 413 g/mol. The molecule has 2 aromatic rings. The van der Waals surface area contributed by atoms with Gasteiger partial charge in [-0.25, -0.2) is 8.78 Å². The van der Waals surface area contributed by atoms with Gasteiger partial charge < -0.3 is 15.8 Å². The van der Waals surface area contributed by atoms with E-state index in [0.29, 0.717) is 16.3 Å². The first-order valence-electron chi connectivity index (χ1n) is 7.21. The summed E-state index contributed by atoms with van der Waals surface area (Å²) in [5.41, 5.74) is 5.13. The van der Waals surface area contributed by atoms with Crippen molar-refractivity contribution in [3.8, 4) is 5.75 Å². The van der Waals surface area contributed by atoms with Crippen molar-refractivity contribution in [1.82, 2.24) is 0 Å². The minimum Gasteiger partial charge on any atom is -0.480 e. The molecule has 0 aliphatic heterocycles. The fraction of sp³-hybridized carbons (Fsp3) is 0.176. The first kappa shape index (κ1) is 18.9. The molecule has 0 aromatic heterocycles. The molecule has 0 spiro atoms. The lowest BCUT2D eigenvalue weighted by atomic mass is 10.1. The summed E-state index contributed by atoms with van der Waals surface area (Å²) < 4.78 is 33.4. The molecular formula is C17H15BrF2N2O3. The van der Waals surface area contributed by atoms with Crippen LogP contribution in [0.15, 0.2) is 34.8 Å². The number of amides is 2. The third-order valence-corrected chi connectivity index (χ3v) is 3.96. The van der Waals surface area contributed by atoms with Gasteiger partial charge in [0.05, 0.1) is 15.7 Å². The smallest absolute Gasteiger partial charge is 0.265 e. The van der Waals surface area contributed by atoms with Gasteiger partial charge in [-0.1, -0.05) is 6.07 Å². The summed E-state index contributed by atoms with van der Waals surface area (Å²) in [6.45, 7) is 3.37. The van der Waals surface area contributed by atoms with Crippen molar-refractivity contribution in [2.75, 3.05) is 5.32 Å². The third kappa shape index (κ3) is 4.54. The minimum atomic E-state index is -1.10. The van der Waals surface area contributed by atoms with Crippen LogP contribution in [-0.2, 0) is 4.79 Å². The highest BCUT2D eigenvalue weighted by Crippen LogP contribution is 2.27. The number of ether oxygens (including phenoxy) is 1. The molecule has 0 radical (unpaired) electrons. The molecule has 0 bridgehead atoms. The highest BCUT2D eigenvalue weighted by Gasteiger charge is 2.20. The van der Waals surface area contributed by atoms with Gasteiger partial charge in [-0.3, -0.25) is 9.59 Å². The van der Waals surface area contributed by atoms with E-state index in [4.69, 9.17) is 10.5 Å². The van der Waals surface area contributed by atoms with Gasteiger partial charge in [0.25, 0.3) is 11.8 Å². The molecular weight excluding hydrogens is 398 g/mol. The second-order valence-corrected chi connectivity index (χ2v) is 6.21. The number of carbonyl (C=O) groups excluding carboxylic acids is 2. The van der Waals surface area contributed by atoms with E-state index in [1.807, 2.05) is 19.1 Å². The van der Waals surface area contributed by atoms with Gasteiger partial charge in [0.1, 0.15) is 17.4 Å². The summed E-state index contributed by atoms with van der Waals surface area (Å²) in [5, 5.41) is 2.25. The first-order valence-corrected chi connectivity index (χ1v) is 8.01. The number of hydrogen-bond acceptors (Lipinski definition) is 3. The van der Waals surface area contributed by atoms with Gasteiger partial charge in [-0.05, 0) is 53.5 Å². The number of benzene rings is 2. The Bertz CT molecular complexity index is 843. The highest BCUT2D eigenvalue weighted by atomic mass is 79.9. The van der Waals surface area contributed by atoms with E-state index < -0.39 is 35.1 Å². The quantitative estimate of drug-likeness (QED) is 0.787. The van der Waals surface area contributed by atoms with Crippen LogP contribution < -0.4 is 15.8 Å². The predicted molar refractivity (Wildman–Crippen MR) is 92.5 cm³/mol. The normalized spacial score (nSPS) is 11.7. The lowest BCUT2D eigenvalue weighted by molar-refractivity contribution is -0.122. The highest BCUT2D eigenvalue weighted by molar-refractivity contribution is 9.10. The van der Waals surface area contributed by atoms with Gasteiger partial charge in [0, 0.05) is 6.07 Å². The van der Waals surface area contributed by atoms with E-state index in [2.05, 4.69) is 21.2 Å². The first-order chi connectivity index (χ1) is 11.7. The van der Waals surface area contributed by atoms with Crippen LogP contribution in [0.4, 0.5) is 14.5 Å². The molecule has 1 unspecified atom stereocenters. The lowest BCUT2D eigenvalue weighted by Crippen LogP contribution is -2.30. The zero-order chi connectivity index (χ0) is 18.7. The van der Waals surface area contributed by atoms with E-state index in [1.54, 1.807) is 6.07 Å². The molecule has 3 N–H and O–H groups in total. The van der Waals surface area contributed by atoms with Crippen LogP contribution in [0.5, 0.6) is 5.75 Å². The van der Waals surface area contributed by atoms with Crippen molar-refractivity contribution >= 4 is 33.4 Å². The van der Waals surface area contributed by atoms with E-state index in [1.165, 1.54) is 6.92 Å². The summed E-state index contributed by atoms with van der Waals surface area (Å²) in [6, 6.07) is 6.65. The standard InChI is InChI=1S/C17H15BrF2N2O3/c1-8-3-4-15(11(18)5-8)25-9(2)17(24)22-14-6-10(16(21)23)12(19)7-13(14)20/h3-7,9H,1-2H3,(H2,21,23)(H,22,24). The summed E-state index contributed by atoms with van der Waals surface area (Å²) in [5.74, 6) is -3.43. The molecule has 2 amide bonds. The van der Waals surface area contributed by atoms with Crippen LogP contribution in [0.1, 0.15) is 22.8 Å². The van der Waals surface area contributed by atoms with Gasteiger partial charge in [0.2, 0.25) is 0 Å². The molecule has 5 nitrogen and oxygen atoms in total. The Kier molecular flexibility index (Phi) is 5.73. The molecule has 132 valence electrons. The summed E-state index contributed by atoms with van der Waals surface area (Å²) in [6.07, 6.45) is -0.972. The van der Waals surface area contributed by atoms with Crippen molar-refractivity contribution in [1.29, 1.82) is 0 Å². The maximum Gasteiger partial charge on any atom is 0.265 e. The Labute approximate surface area is 151 Å². The topological polar surface area (TPSA) is 81.4 Å². The molecule has 8 heteroatoms. The fourth-order valence-corrected chi connectivity index (χ4v) is 2.60. The number of nitrogens with two attached hydrogens (primary N) is 1. The van der Waals surface area contributed by atoms with Crippen molar-refractivity contribution in [3.63, 3.8) is 0 Å². The van der Waals surface area contributed by atoms with Crippen LogP contribution in [0, 0.1) is 18.6 Å². The van der Waals surface area contributed by atoms with Crippen molar-refractivity contribution in [3.05, 3.63) is 57.6 Å². The number of aryl methyl sites for hydroxylation is 1. The maximum absolute atomic E-state index is 13.8. The maximum atomic E-state index is 13.8. The van der Waals surface area contributed by atoms with Gasteiger partial charge in [-0.15, -0.1) is 0 Å². The van der Waals surface area contributed by atoms with E-state index in [0.717, 1.165) is 11.6 Å². The van der Waals surface area contributed by atoms with Crippen molar-refractivity contribution in [2.45, 2.75) is 20.0 Å². The molecule has 0 saturated heterocycles. The van der Waals surface area contributed by atoms with Crippen LogP contribution in [0.2, 0.25) is 0 Å². The Balaban J connectivity index is 2.16. The monoisotopic (exact) mass is 412 g/mol. The number of halogens is 3. The number of hydrogen-bond donors (Lipinski definition) is 2. The largest absolute Gasteiger partial charge is 0.480 e. The second-order valence-electron chi connectivity index (χ2n) is 5.36. The molecule has 0 heterocycles.